The number of allylic oxidation sites excluding steroid dienone is 3. The Labute approximate surface area is 190 Å². The van der Waals surface area contributed by atoms with Crippen molar-refractivity contribution in [3.8, 4) is 0 Å². The Morgan fingerprint density at radius 2 is 1.53 bits per heavy atom. The highest BCUT2D eigenvalue weighted by atomic mass is 16.3. The summed E-state index contributed by atoms with van der Waals surface area (Å²) < 4.78 is 0. The van der Waals surface area contributed by atoms with Crippen LogP contribution < -0.4 is 9.80 Å². The zero-order chi connectivity index (χ0) is 22.6. The second-order valence-corrected chi connectivity index (χ2v) is 9.63. The molecule has 1 fully saturated rings. The van der Waals surface area contributed by atoms with Gasteiger partial charge in [-0.25, -0.2) is 0 Å². The monoisotopic (exact) mass is 428 g/mol. The van der Waals surface area contributed by atoms with Crippen molar-refractivity contribution in [2.24, 2.45) is 11.8 Å². The van der Waals surface area contributed by atoms with E-state index in [4.69, 9.17) is 0 Å². The van der Waals surface area contributed by atoms with Crippen LogP contribution in [-0.4, -0.2) is 36.0 Å². The number of aliphatic hydroxyl groups excluding tert-OH is 2. The van der Waals surface area contributed by atoms with Gasteiger partial charge in [-0.3, -0.25) is 0 Å². The van der Waals surface area contributed by atoms with Crippen LogP contribution in [0.1, 0.15) is 31.9 Å². The summed E-state index contributed by atoms with van der Waals surface area (Å²) in [4.78, 5) is 4.41. The van der Waals surface area contributed by atoms with E-state index in [-0.39, 0.29) is 17.3 Å². The lowest BCUT2D eigenvalue weighted by atomic mass is 9.66. The number of benzene rings is 2. The van der Waals surface area contributed by atoms with E-state index in [0.29, 0.717) is 0 Å². The predicted molar refractivity (Wildman–Crippen MR) is 132 cm³/mol. The van der Waals surface area contributed by atoms with Crippen molar-refractivity contribution in [3.63, 3.8) is 0 Å². The first-order chi connectivity index (χ1) is 15.3. The molecule has 2 aliphatic heterocycles. The minimum absolute atomic E-state index is 0.164. The number of hydrogen-bond donors (Lipinski definition) is 2. The number of fused-ring (bicyclic) bond motifs is 2. The molecule has 2 heterocycles. The standard InChI is InChI=1S/C28H32N2O2/c1-5-30-15-14-18(19-10-6-8-12-23(19)30)16-20-26(31)21(27(20)32)17-25-28(2,3)22-11-7-9-13-24(22)29(25)4/h6-17,20-21,26-27,31-32H,5H2,1-4H3/b18-16+,25-17-. The quantitative estimate of drug-likeness (QED) is 0.744. The minimum Gasteiger partial charge on any atom is -0.392 e. The van der Waals surface area contributed by atoms with Crippen LogP contribution >= 0.6 is 0 Å². The van der Waals surface area contributed by atoms with Crippen molar-refractivity contribution in [2.75, 3.05) is 23.4 Å². The molecule has 2 unspecified atom stereocenters. The van der Waals surface area contributed by atoms with E-state index >= 15 is 0 Å². The molecule has 2 aromatic rings. The van der Waals surface area contributed by atoms with Gasteiger partial charge in [0.25, 0.3) is 0 Å². The summed E-state index contributed by atoms with van der Waals surface area (Å²) in [5.74, 6) is -0.562. The number of aliphatic hydroxyl groups is 2. The number of nitrogens with zero attached hydrogens (tertiary/aromatic N) is 2. The Hall–Kier alpha value is -2.82. The zero-order valence-electron chi connectivity index (χ0n) is 19.2. The summed E-state index contributed by atoms with van der Waals surface area (Å²) in [5, 5.41) is 22.1. The molecule has 1 aliphatic carbocycles. The van der Waals surface area contributed by atoms with Crippen LogP contribution in [0.15, 0.2) is 78.7 Å². The van der Waals surface area contributed by atoms with Gasteiger partial charge in [0.1, 0.15) is 0 Å². The van der Waals surface area contributed by atoms with Gasteiger partial charge < -0.3 is 20.0 Å². The van der Waals surface area contributed by atoms with E-state index in [1.807, 2.05) is 18.2 Å². The summed E-state index contributed by atoms with van der Waals surface area (Å²) in [6.45, 7) is 7.45. The van der Waals surface area contributed by atoms with Gasteiger partial charge in [-0.05, 0) is 36.3 Å². The summed E-state index contributed by atoms with van der Waals surface area (Å²) in [6.07, 6.45) is 7.09. The Kier molecular flexibility index (Phi) is 5.03. The topological polar surface area (TPSA) is 46.9 Å². The molecular weight excluding hydrogens is 396 g/mol. The molecule has 0 amide bonds. The van der Waals surface area contributed by atoms with E-state index in [2.05, 4.69) is 92.4 Å². The Balaban J connectivity index is 1.42. The van der Waals surface area contributed by atoms with Gasteiger partial charge in [-0.1, -0.05) is 62.4 Å². The number of likely N-dealkylation sites (N-methyl/N-ethyl adjacent to an activating group) is 1. The van der Waals surface area contributed by atoms with Crippen molar-refractivity contribution in [2.45, 2.75) is 38.4 Å². The Bertz CT molecular complexity index is 1120. The first-order valence-electron chi connectivity index (χ1n) is 11.5. The average molecular weight is 429 g/mol. The maximum absolute atomic E-state index is 11.0. The van der Waals surface area contributed by atoms with Crippen LogP contribution in [0.3, 0.4) is 0 Å². The second kappa shape index (κ2) is 7.65. The van der Waals surface area contributed by atoms with Crippen molar-refractivity contribution in [1.82, 2.24) is 0 Å². The Morgan fingerprint density at radius 1 is 0.906 bits per heavy atom. The van der Waals surface area contributed by atoms with Gasteiger partial charge in [0.05, 0.1) is 12.2 Å². The molecule has 4 heteroatoms. The van der Waals surface area contributed by atoms with Crippen LogP contribution in [0.4, 0.5) is 11.4 Å². The van der Waals surface area contributed by atoms with Crippen molar-refractivity contribution >= 4 is 16.9 Å². The molecule has 4 nitrogen and oxygen atoms in total. The van der Waals surface area contributed by atoms with Gasteiger partial charge in [-0.2, -0.15) is 0 Å². The molecule has 0 aromatic heterocycles. The number of hydrogen-bond acceptors (Lipinski definition) is 4. The highest BCUT2D eigenvalue weighted by Gasteiger charge is 2.49. The molecule has 2 aromatic carbocycles. The molecule has 2 N–H and O–H groups in total. The van der Waals surface area contributed by atoms with E-state index in [0.717, 1.165) is 29.1 Å². The average Bonchev–Trinajstić information content (AvgIpc) is 3.00. The van der Waals surface area contributed by atoms with Crippen LogP contribution in [0.2, 0.25) is 0 Å². The fourth-order valence-corrected chi connectivity index (χ4v) is 5.59. The fourth-order valence-electron chi connectivity index (χ4n) is 5.59. The van der Waals surface area contributed by atoms with Crippen LogP contribution in [0.5, 0.6) is 0 Å². The maximum Gasteiger partial charge on any atom is 0.0716 e. The number of para-hydroxylation sites is 2. The molecule has 166 valence electrons. The molecule has 0 bridgehead atoms. The van der Waals surface area contributed by atoms with Crippen molar-refractivity contribution < 1.29 is 10.2 Å². The molecule has 3 aliphatic rings. The van der Waals surface area contributed by atoms with E-state index in [1.54, 1.807) is 0 Å². The lowest BCUT2D eigenvalue weighted by Gasteiger charge is -2.45. The molecule has 32 heavy (non-hydrogen) atoms. The Morgan fingerprint density at radius 3 is 2.22 bits per heavy atom. The third kappa shape index (κ3) is 3.05. The van der Waals surface area contributed by atoms with E-state index < -0.39 is 12.2 Å². The van der Waals surface area contributed by atoms with Gasteiger partial charge in [0, 0.05) is 59.7 Å². The number of rotatable bonds is 3. The third-order valence-corrected chi connectivity index (χ3v) is 7.54. The van der Waals surface area contributed by atoms with Gasteiger partial charge >= 0.3 is 0 Å². The molecule has 2 atom stereocenters. The van der Waals surface area contributed by atoms with Crippen LogP contribution in [-0.2, 0) is 5.41 Å². The summed E-state index contributed by atoms with van der Waals surface area (Å²) in [5.41, 5.74) is 6.81. The van der Waals surface area contributed by atoms with Gasteiger partial charge in [-0.15, -0.1) is 0 Å². The second-order valence-electron chi connectivity index (χ2n) is 9.63. The van der Waals surface area contributed by atoms with Crippen LogP contribution in [0, 0.1) is 11.8 Å². The zero-order valence-corrected chi connectivity index (χ0v) is 19.2. The minimum atomic E-state index is -0.609. The van der Waals surface area contributed by atoms with Gasteiger partial charge in [0.2, 0.25) is 0 Å². The third-order valence-electron chi connectivity index (χ3n) is 7.54. The lowest BCUT2D eigenvalue weighted by molar-refractivity contribution is -0.110. The first kappa shape index (κ1) is 21.0. The molecule has 5 rings (SSSR count). The summed E-state index contributed by atoms with van der Waals surface area (Å²) >= 11 is 0. The lowest BCUT2D eigenvalue weighted by Crippen LogP contribution is -2.54. The van der Waals surface area contributed by atoms with E-state index in [9.17, 15) is 10.2 Å². The van der Waals surface area contributed by atoms with E-state index in [1.165, 1.54) is 11.3 Å². The molecular formula is C28H32N2O2. The van der Waals surface area contributed by atoms with Gasteiger partial charge in [0.15, 0.2) is 0 Å². The highest BCUT2D eigenvalue weighted by molar-refractivity contribution is 5.86. The predicted octanol–water partition coefficient (Wildman–Crippen LogP) is 4.70. The van der Waals surface area contributed by atoms with Crippen molar-refractivity contribution in [1.29, 1.82) is 0 Å². The SMILES string of the molecule is CCN1C=C/C(=C\C2C(O)C(/C=C3\N(C)c4ccccc4C3(C)C)C2O)c2ccccc21. The summed E-state index contributed by atoms with van der Waals surface area (Å²) in [6, 6.07) is 16.7. The maximum atomic E-state index is 11.0. The molecule has 0 saturated heterocycles. The highest BCUT2D eigenvalue weighted by Crippen LogP contribution is 2.49. The normalized spacial score (nSPS) is 30.4. The molecule has 1 saturated carbocycles. The van der Waals surface area contributed by atoms with Crippen LogP contribution in [0.25, 0.3) is 5.57 Å². The number of anilines is 2. The summed E-state index contributed by atoms with van der Waals surface area (Å²) in [7, 11) is 2.07. The first-order valence-corrected chi connectivity index (χ1v) is 11.5. The van der Waals surface area contributed by atoms with Crippen molar-refractivity contribution in [3.05, 3.63) is 89.8 Å². The fraction of sp³-hybridized carbons (Fsp3) is 0.357. The smallest absolute Gasteiger partial charge is 0.0716 e. The largest absolute Gasteiger partial charge is 0.392 e. The molecule has 0 radical (unpaired) electrons. The molecule has 0 spiro atoms.